The van der Waals surface area contributed by atoms with Gasteiger partial charge in [0.2, 0.25) is 5.76 Å². The van der Waals surface area contributed by atoms with Crippen LogP contribution < -0.4 is 0 Å². The van der Waals surface area contributed by atoms with Gasteiger partial charge in [-0.15, -0.1) is 5.10 Å². The third-order valence-corrected chi connectivity index (χ3v) is 3.80. The zero-order chi connectivity index (χ0) is 14.8. The van der Waals surface area contributed by atoms with E-state index in [1.165, 1.54) is 0 Å². The molecule has 3 heterocycles. The van der Waals surface area contributed by atoms with Crippen molar-refractivity contribution in [1.82, 2.24) is 19.9 Å². The van der Waals surface area contributed by atoms with E-state index in [9.17, 15) is 0 Å². The molecule has 0 bridgehead atoms. The van der Waals surface area contributed by atoms with Crippen LogP contribution in [0.3, 0.4) is 0 Å². The zero-order valence-corrected chi connectivity index (χ0v) is 12.1. The number of nitrogens with zero attached hydrogens (tertiary/aromatic N) is 5. The SMILES string of the molecule is CO[C@@H]1CN(Cc2ccc(C#N)o2)C[C@H]1c1cn(C)nn1. The molecular formula is C14H17N5O2. The van der Waals surface area contributed by atoms with Gasteiger partial charge >= 0.3 is 0 Å². The molecule has 0 aliphatic carbocycles. The van der Waals surface area contributed by atoms with E-state index in [0.29, 0.717) is 12.3 Å². The normalized spacial score (nSPS) is 22.5. The first-order chi connectivity index (χ1) is 10.2. The van der Waals surface area contributed by atoms with E-state index in [1.54, 1.807) is 17.9 Å². The van der Waals surface area contributed by atoms with E-state index in [2.05, 4.69) is 15.2 Å². The van der Waals surface area contributed by atoms with Crippen LogP contribution in [-0.4, -0.2) is 46.2 Å². The number of hydrogen-bond donors (Lipinski definition) is 0. The van der Waals surface area contributed by atoms with Crippen molar-refractivity contribution in [3.8, 4) is 6.07 Å². The number of furan rings is 1. The Hall–Kier alpha value is -2.17. The number of hydrogen-bond acceptors (Lipinski definition) is 6. The van der Waals surface area contributed by atoms with Crippen LogP contribution in [0.5, 0.6) is 0 Å². The molecule has 0 unspecified atom stereocenters. The highest BCUT2D eigenvalue weighted by atomic mass is 16.5. The lowest BCUT2D eigenvalue weighted by atomic mass is 10.0. The maximum atomic E-state index is 8.79. The second kappa shape index (κ2) is 5.68. The zero-order valence-electron chi connectivity index (χ0n) is 12.1. The molecule has 0 aromatic carbocycles. The van der Waals surface area contributed by atoms with Gasteiger partial charge in [0.1, 0.15) is 11.8 Å². The van der Waals surface area contributed by atoms with E-state index in [1.807, 2.05) is 25.4 Å². The molecule has 2 atom stereocenters. The summed E-state index contributed by atoms with van der Waals surface area (Å²) in [5.74, 6) is 1.34. The van der Waals surface area contributed by atoms with E-state index >= 15 is 0 Å². The van der Waals surface area contributed by atoms with Crippen molar-refractivity contribution in [2.75, 3.05) is 20.2 Å². The molecule has 1 aliphatic heterocycles. The van der Waals surface area contributed by atoms with Gasteiger partial charge in [-0.25, -0.2) is 0 Å². The van der Waals surface area contributed by atoms with Crippen LogP contribution in [0, 0.1) is 11.3 Å². The first-order valence-corrected chi connectivity index (χ1v) is 6.79. The molecule has 2 aromatic heterocycles. The van der Waals surface area contributed by atoms with Gasteiger partial charge in [0, 0.05) is 39.4 Å². The van der Waals surface area contributed by atoms with Crippen molar-refractivity contribution >= 4 is 0 Å². The van der Waals surface area contributed by atoms with Gasteiger partial charge < -0.3 is 9.15 Å². The molecule has 1 fully saturated rings. The Morgan fingerprint density at radius 1 is 1.48 bits per heavy atom. The van der Waals surface area contributed by atoms with Crippen molar-refractivity contribution in [3.05, 3.63) is 35.5 Å². The highest BCUT2D eigenvalue weighted by Crippen LogP contribution is 2.29. The average Bonchev–Trinajstić information content (AvgIpc) is 3.18. The van der Waals surface area contributed by atoms with Gasteiger partial charge in [-0.2, -0.15) is 5.26 Å². The number of rotatable bonds is 4. The number of aromatic nitrogens is 3. The van der Waals surface area contributed by atoms with Gasteiger partial charge in [-0.05, 0) is 12.1 Å². The van der Waals surface area contributed by atoms with E-state index in [4.69, 9.17) is 14.4 Å². The molecule has 110 valence electrons. The molecule has 1 aliphatic rings. The fraction of sp³-hybridized carbons (Fsp3) is 0.500. The van der Waals surface area contributed by atoms with E-state index < -0.39 is 0 Å². The Morgan fingerprint density at radius 3 is 2.95 bits per heavy atom. The minimum absolute atomic E-state index is 0.0899. The summed E-state index contributed by atoms with van der Waals surface area (Å²) in [6.07, 6.45) is 2.02. The third kappa shape index (κ3) is 2.82. The largest absolute Gasteiger partial charge is 0.449 e. The van der Waals surface area contributed by atoms with Crippen LogP contribution in [0.4, 0.5) is 0 Å². The standard InChI is InChI=1S/C14H17N5O2/c1-18-8-13(16-17-18)12-7-19(9-14(12)20-2)6-11-4-3-10(5-15)21-11/h3-4,8,12,14H,6-7,9H2,1-2H3/t12-,14+/m0/s1. The summed E-state index contributed by atoms with van der Waals surface area (Å²) < 4.78 is 12.7. The molecule has 21 heavy (non-hydrogen) atoms. The van der Waals surface area contributed by atoms with Gasteiger partial charge in [0.25, 0.3) is 0 Å². The highest BCUT2D eigenvalue weighted by molar-refractivity contribution is 5.19. The van der Waals surface area contributed by atoms with E-state index in [0.717, 1.165) is 24.5 Å². The second-order valence-corrected chi connectivity index (χ2v) is 5.27. The lowest BCUT2D eigenvalue weighted by Crippen LogP contribution is -2.22. The van der Waals surface area contributed by atoms with Crippen molar-refractivity contribution in [2.45, 2.75) is 18.6 Å². The monoisotopic (exact) mass is 287 g/mol. The molecule has 0 radical (unpaired) electrons. The summed E-state index contributed by atoms with van der Waals surface area (Å²) in [7, 11) is 3.58. The van der Waals surface area contributed by atoms with E-state index in [-0.39, 0.29) is 12.0 Å². The fourth-order valence-corrected chi connectivity index (χ4v) is 2.78. The maximum Gasteiger partial charge on any atom is 0.203 e. The summed E-state index contributed by atoms with van der Waals surface area (Å²) in [4.78, 5) is 2.24. The Bertz CT molecular complexity index is 656. The minimum Gasteiger partial charge on any atom is -0.449 e. The Kier molecular flexibility index (Phi) is 3.73. The molecule has 2 aromatic rings. The van der Waals surface area contributed by atoms with Crippen LogP contribution >= 0.6 is 0 Å². The lowest BCUT2D eigenvalue weighted by molar-refractivity contribution is 0.0950. The number of nitriles is 1. The topological polar surface area (TPSA) is 80.1 Å². The summed E-state index contributed by atoms with van der Waals surface area (Å²) in [6, 6.07) is 5.54. The molecule has 7 nitrogen and oxygen atoms in total. The molecule has 0 amide bonds. The first kappa shape index (κ1) is 13.8. The van der Waals surface area contributed by atoms with Crippen molar-refractivity contribution in [3.63, 3.8) is 0 Å². The van der Waals surface area contributed by atoms with Crippen molar-refractivity contribution < 1.29 is 9.15 Å². The van der Waals surface area contributed by atoms with Gasteiger partial charge in [-0.3, -0.25) is 9.58 Å². The van der Waals surface area contributed by atoms with Crippen LogP contribution in [0.1, 0.15) is 23.1 Å². The quantitative estimate of drug-likeness (QED) is 0.831. The molecule has 7 heteroatoms. The lowest BCUT2D eigenvalue weighted by Gasteiger charge is -2.13. The molecule has 3 rings (SSSR count). The van der Waals surface area contributed by atoms with Crippen LogP contribution in [0.2, 0.25) is 0 Å². The summed E-state index contributed by atoms with van der Waals surface area (Å²) >= 11 is 0. The van der Waals surface area contributed by atoms with Crippen LogP contribution in [-0.2, 0) is 18.3 Å². The molecule has 0 spiro atoms. The van der Waals surface area contributed by atoms with Crippen molar-refractivity contribution in [1.29, 1.82) is 5.26 Å². The molecule has 0 saturated carbocycles. The Labute approximate surface area is 122 Å². The van der Waals surface area contributed by atoms with Crippen LogP contribution in [0.25, 0.3) is 0 Å². The van der Waals surface area contributed by atoms with Crippen molar-refractivity contribution in [2.24, 2.45) is 7.05 Å². The van der Waals surface area contributed by atoms with Gasteiger partial charge in [0.15, 0.2) is 0 Å². The summed E-state index contributed by atoms with van der Waals surface area (Å²) in [6.45, 7) is 2.30. The second-order valence-electron chi connectivity index (χ2n) is 5.27. The smallest absolute Gasteiger partial charge is 0.203 e. The van der Waals surface area contributed by atoms with Gasteiger partial charge in [0.05, 0.1) is 18.3 Å². The summed E-state index contributed by atoms with van der Waals surface area (Å²) in [5, 5.41) is 17.0. The third-order valence-electron chi connectivity index (χ3n) is 3.80. The molecular weight excluding hydrogens is 270 g/mol. The van der Waals surface area contributed by atoms with Gasteiger partial charge in [-0.1, -0.05) is 5.21 Å². The fourth-order valence-electron chi connectivity index (χ4n) is 2.78. The summed E-state index contributed by atoms with van der Waals surface area (Å²) in [5.41, 5.74) is 0.948. The Balaban J connectivity index is 1.70. The number of aryl methyl sites for hydroxylation is 1. The highest BCUT2D eigenvalue weighted by Gasteiger charge is 2.36. The minimum atomic E-state index is 0.0899. The van der Waals surface area contributed by atoms with Crippen LogP contribution in [0.15, 0.2) is 22.7 Å². The Morgan fingerprint density at radius 2 is 2.33 bits per heavy atom. The molecule has 1 saturated heterocycles. The molecule has 0 N–H and O–H groups in total. The predicted octanol–water partition coefficient (Wildman–Crippen LogP) is 0.894. The predicted molar refractivity (Wildman–Crippen MR) is 73.2 cm³/mol. The average molecular weight is 287 g/mol. The number of methoxy groups -OCH3 is 1. The number of ether oxygens (including phenoxy) is 1. The maximum absolute atomic E-state index is 8.79. The first-order valence-electron chi connectivity index (χ1n) is 6.79. The number of likely N-dealkylation sites (tertiary alicyclic amines) is 1.